The Morgan fingerprint density at radius 1 is 1.45 bits per heavy atom. The molecule has 1 heterocycles. The van der Waals surface area contributed by atoms with Gasteiger partial charge in [-0.05, 0) is 53.4 Å². The fourth-order valence-corrected chi connectivity index (χ4v) is 4.26. The summed E-state index contributed by atoms with van der Waals surface area (Å²) in [5.41, 5.74) is 0. The molecule has 1 aromatic carbocycles. The van der Waals surface area contributed by atoms with E-state index in [1.165, 1.54) is 6.07 Å². The first-order chi connectivity index (χ1) is 10.5. The highest BCUT2D eigenvalue weighted by Crippen LogP contribution is 2.22. The summed E-state index contributed by atoms with van der Waals surface area (Å²) in [6.07, 6.45) is 2.82. The van der Waals surface area contributed by atoms with Crippen LogP contribution in [0, 0.1) is 5.82 Å². The van der Waals surface area contributed by atoms with Crippen LogP contribution in [0.2, 0.25) is 0 Å². The van der Waals surface area contributed by atoms with Gasteiger partial charge in [0, 0.05) is 24.2 Å². The standard InChI is InChI=1S/C14H19BrFNO4S/c15-13-9-11(16)4-5-14(13)22(18,19)17-6-2-7-20-10-12-3-1-8-21-12/h4-5,9,12,17H,1-3,6-8,10H2/t12-/m0/s1. The summed E-state index contributed by atoms with van der Waals surface area (Å²) in [5, 5.41) is 0. The maximum Gasteiger partial charge on any atom is 0.241 e. The summed E-state index contributed by atoms with van der Waals surface area (Å²) in [5.74, 6) is -0.492. The number of benzene rings is 1. The monoisotopic (exact) mass is 395 g/mol. The Labute approximate surface area is 138 Å². The first-order valence-electron chi connectivity index (χ1n) is 7.13. The zero-order valence-electron chi connectivity index (χ0n) is 12.1. The van der Waals surface area contributed by atoms with Crippen LogP contribution < -0.4 is 4.72 Å². The minimum atomic E-state index is -3.65. The van der Waals surface area contributed by atoms with Crippen LogP contribution >= 0.6 is 15.9 Å². The second-order valence-corrected chi connectivity index (χ2v) is 7.63. The van der Waals surface area contributed by atoms with Crippen LogP contribution in [0.15, 0.2) is 27.6 Å². The third-order valence-corrected chi connectivity index (χ3v) is 5.71. The molecule has 1 aliphatic heterocycles. The number of ether oxygens (including phenoxy) is 2. The minimum Gasteiger partial charge on any atom is -0.379 e. The largest absolute Gasteiger partial charge is 0.379 e. The molecule has 0 radical (unpaired) electrons. The molecule has 0 aromatic heterocycles. The molecule has 0 bridgehead atoms. The number of nitrogens with one attached hydrogen (secondary N) is 1. The molecule has 0 unspecified atom stereocenters. The molecule has 0 aliphatic carbocycles. The van der Waals surface area contributed by atoms with Crippen molar-refractivity contribution >= 4 is 26.0 Å². The van der Waals surface area contributed by atoms with Crippen molar-refractivity contribution < 1.29 is 22.3 Å². The number of halogens is 2. The van der Waals surface area contributed by atoms with Crippen molar-refractivity contribution in [3.63, 3.8) is 0 Å². The molecule has 22 heavy (non-hydrogen) atoms. The molecule has 124 valence electrons. The topological polar surface area (TPSA) is 64.6 Å². The van der Waals surface area contributed by atoms with E-state index in [4.69, 9.17) is 9.47 Å². The summed E-state index contributed by atoms with van der Waals surface area (Å²) in [7, 11) is -3.65. The molecule has 0 amide bonds. The summed E-state index contributed by atoms with van der Waals surface area (Å²) >= 11 is 3.06. The SMILES string of the molecule is O=S(=O)(NCCCOC[C@@H]1CCCO1)c1ccc(F)cc1Br. The number of sulfonamides is 1. The fourth-order valence-electron chi connectivity index (χ4n) is 2.14. The van der Waals surface area contributed by atoms with E-state index in [0.717, 1.165) is 31.6 Å². The van der Waals surface area contributed by atoms with E-state index in [1.54, 1.807) is 0 Å². The van der Waals surface area contributed by atoms with Gasteiger partial charge in [-0.2, -0.15) is 0 Å². The quantitative estimate of drug-likeness (QED) is 0.686. The first-order valence-corrected chi connectivity index (χ1v) is 9.41. The van der Waals surface area contributed by atoms with Gasteiger partial charge >= 0.3 is 0 Å². The Kier molecular flexibility index (Phi) is 6.76. The Bertz CT molecular complexity index is 591. The lowest BCUT2D eigenvalue weighted by Crippen LogP contribution is -2.26. The Balaban J connectivity index is 1.71. The van der Waals surface area contributed by atoms with E-state index in [1.807, 2.05) is 0 Å². The predicted molar refractivity (Wildman–Crippen MR) is 83.7 cm³/mol. The van der Waals surface area contributed by atoms with Crippen LogP contribution in [0.25, 0.3) is 0 Å². The van der Waals surface area contributed by atoms with Crippen molar-refractivity contribution in [2.45, 2.75) is 30.3 Å². The fraction of sp³-hybridized carbons (Fsp3) is 0.571. The van der Waals surface area contributed by atoms with Gasteiger partial charge in [0.15, 0.2) is 0 Å². The Hall–Kier alpha value is -0.540. The zero-order chi connectivity index (χ0) is 16.0. The lowest BCUT2D eigenvalue weighted by molar-refractivity contribution is 0.0169. The van der Waals surface area contributed by atoms with Crippen LogP contribution in [0.3, 0.4) is 0 Å². The molecule has 1 aliphatic rings. The molecule has 1 atom stereocenters. The molecule has 5 nitrogen and oxygen atoms in total. The second-order valence-electron chi connectivity index (χ2n) is 5.04. The van der Waals surface area contributed by atoms with Gasteiger partial charge in [-0.1, -0.05) is 0 Å². The van der Waals surface area contributed by atoms with E-state index >= 15 is 0 Å². The highest BCUT2D eigenvalue weighted by molar-refractivity contribution is 9.10. The van der Waals surface area contributed by atoms with E-state index in [9.17, 15) is 12.8 Å². The first kappa shape index (κ1) is 17.8. The molecule has 0 spiro atoms. The van der Waals surface area contributed by atoms with Crippen molar-refractivity contribution in [3.8, 4) is 0 Å². The van der Waals surface area contributed by atoms with Crippen LogP contribution in [0.4, 0.5) is 4.39 Å². The number of hydrogen-bond acceptors (Lipinski definition) is 4. The normalized spacial score (nSPS) is 18.7. The van der Waals surface area contributed by atoms with E-state index in [2.05, 4.69) is 20.7 Å². The molecular weight excluding hydrogens is 377 g/mol. The van der Waals surface area contributed by atoms with Gasteiger partial charge in [0.05, 0.1) is 17.6 Å². The summed E-state index contributed by atoms with van der Waals surface area (Å²) in [6.45, 7) is 2.07. The van der Waals surface area contributed by atoms with Crippen molar-refractivity contribution in [2.75, 3.05) is 26.4 Å². The Morgan fingerprint density at radius 2 is 2.27 bits per heavy atom. The highest BCUT2D eigenvalue weighted by atomic mass is 79.9. The maximum absolute atomic E-state index is 13.0. The molecule has 1 N–H and O–H groups in total. The van der Waals surface area contributed by atoms with E-state index in [-0.39, 0.29) is 22.0 Å². The zero-order valence-corrected chi connectivity index (χ0v) is 14.5. The Morgan fingerprint density at radius 3 is 2.95 bits per heavy atom. The molecule has 1 fully saturated rings. The molecule has 1 aromatic rings. The second kappa shape index (κ2) is 8.35. The van der Waals surface area contributed by atoms with Crippen LogP contribution in [-0.2, 0) is 19.5 Å². The maximum atomic E-state index is 13.0. The predicted octanol–water partition coefficient (Wildman–Crippen LogP) is 2.45. The lowest BCUT2D eigenvalue weighted by atomic mass is 10.2. The van der Waals surface area contributed by atoms with Gasteiger partial charge in [0.25, 0.3) is 0 Å². The summed E-state index contributed by atoms with van der Waals surface area (Å²) in [4.78, 5) is 0.0224. The van der Waals surface area contributed by atoms with Crippen LogP contribution in [0.1, 0.15) is 19.3 Å². The molecule has 0 saturated carbocycles. The van der Waals surface area contributed by atoms with Gasteiger partial charge in [-0.25, -0.2) is 17.5 Å². The van der Waals surface area contributed by atoms with E-state index < -0.39 is 15.8 Å². The average Bonchev–Trinajstić information content (AvgIpc) is 2.95. The molecule has 1 saturated heterocycles. The van der Waals surface area contributed by atoms with Crippen LogP contribution in [-0.4, -0.2) is 40.9 Å². The van der Waals surface area contributed by atoms with Gasteiger partial charge in [0.2, 0.25) is 10.0 Å². The molecule has 8 heteroatoms. The van der Waals surface area contributed by atoms with Crippen molar-refractivity contribution in [1.82, 2.24) is 4.72 Å². The summed E-state index contributed by atoms with van der Waals surface area (Å²) in [6, 6.07) is 3.47. The lowest BCUT2D eigenvalue weighted by Gasteiger charge is -2.11. The highest BCUT2D eigenvalue weighted by Gasteiger charge is 2.18. The van der Waals surface area contributed by atoms with Crippen molar-refractivity contribution in [1.29, 1.82) is 0 Å². The number of rotatable bonds is 8. The van der Waals surface area contributed by atoms with E-state index in [0.29, 0.717) is 19.6 Å². The third-order valence-electron chi connectivity index (χ3n) is 3.27. The molecule has 2 rings (SSSR count). The molecular formula is C14H19BrFNO4S. The number of hydrogen-bond donors (Lipinski definition) is 1. The van der Waals surface area contributed by atoms with Crippen LogP contribution in [0.5, 0.6) is 0 Å². The van der Waals surface area contributed by atoms with Gasteiger partial charge in [0.1, 0.15) is 5.82 Å². The van der Waals surface area contributed by atoms with Gasteiger partial charge < -0.3 is 9.47 Å². The van der Waals surface area contributed by atoms with Gasteiger partial charge in [-0.3, -0.25) is 0 Å². The third kappa shape index (κ3) is 5.27. The van der Waals surface area contributed by atoms with Crippen molar-refractivity contribution in [3.05, 3.63) is 28.5 Å². The average molecular weight is 396 g/mol. The van der Waals surface area contributed by atoms with Crippen molar-refractivity contribution in [2.24, 2.45) is 0 Å². The minimum absolute atomic E-state index is 0.0224. The van der Waals surface area contributed by atoms with Gasteiger partial charge in [-0.15, -0.1) is 0 Å². The smallest absolute Gasteiger partial charge is 0.241 e. The summed E-state index contributed by atoms with van der Waals surface area (Å²) < 4.78 is 50.7.